The Balaban J connectivity index is 2.35. The van der Waals surface area contributed by atoms with Crippen LogP contribution in [-0.2, 0) is 6.42 Å². The minimum absolute atomic E-state index is 0.294. The van der Waals surface area contributed by atoms with Crippen molar-refractivity contribution < 1.29 is 9.84 Å². The molecule has 0 aliphatic carbocycles. The first-order chi connectivity index (χ1) is 9.01. The third-order valence-electron chi connectivity index (χ3n) is 3.32. The largest absolute Gasteiger partial charge is 0.508 e. The molecule has 0 saturated heterocycles. The predicted molar refractivity (Wildman–Crippen MR) is 78.2 cm³/mol. The van der Waals surface area contributed by atoms with Crippen molar-refractivity contribution in [1.29, 1.82) is 0 Å². The van der Waals surface area contributed by atoms with E-state index < -0.39 is 0 Å². The summed E-state index contributed by atoms with van der Waals surface area (Å²) in [7, 11) is 0. The van der Waals surface area contributed by atoms with Crippen LogP contribution in [0.4, 0.5) is 0 Å². The van der Waals surface area contributed by atoms with Gasteiger partial charge in [0.05, 0.1) is 0 Å². The third kappa shape index (κ3) is 2.90. The highest BCUT2D eigenvalue weighted by molar-refractivity contribution is 5.47. The number of ether oxygens (including phenoxy) is 1. The van der Waals surface area contributed by atoms with Gasteiger partial charge in [-0.2, -0.15) is 0 Å². The number of rotatable bonds is 3. The Morgan fingerprint density at radius 1 is 0.947 bits per heavy atom. The zero-order chi connectivity index (χ0) is 14.0. The molecule has 2 aromatic carbocycles. The fourth-order valence-electron chi connectivity index (χ4n) is 2.21. The van der Waals surface area contributed by atoms with Gasteiger partial charge in [0.2, 0.25) is 0 Å². The van der Waals surface area contributed by atoms with Crippen LogP contribution in [0.5, 0.6) is 17.2 Å². The molecule has 0 amide bonds. The molecule has 2 rings (SSSR count). The molecular formula is C17H20O2. The van der Waals surface area contributed by atoms with E-state index in [-0.39, 0.29) is 0 Å². The molecule has 0 aliphatic heterocycles. The number of aromatic hydroxyl groups is 1. The van der Waals surface area contributed by atoms with Crippen molar-refractivity contribution in [2.75, 3.05) is 0 Å². The summed E-state index contributed by atoms with van der Waals surface area (Å²) in [5, 5.41) is 9.53. The van der Waals surface area contributed by atoms with Gasteiger partial charge in [0.15, 0.2) is 0 Å². The topological polar surface area (TPSA) is 29.5 Å². The quantitative estimate of drug-likeness (QED) is 0.864. The zero-order valence-corrected chi connectivity index (χ0v) is 11.9. The summed E-state index contributed by atoms with van der Waals surface area (Å²) >= 11 is 0. The normalized spacial score (nSPS) is 10.5. The van der Waals surface area contributed by atoms with Crippen molar-refractivity contribution >= 4 is 0 Å². The highest BCUT2D eigenvalue weighted by atomic mass is 16.5. The highest BCUT2D eigenvalue weighted by Gasteiger charge is 2.08. The second kappa shape index (κ2) is 5.35. The first-order valence-electron chi connectivity index (χ1n) is 6.59. The standard InChI is InChI=1S/C17H20O2/c1-5-14-8-12(3)17(13(4)9-14)19-15-6-7-16(18)11(2)10-15/h6-10,18H,5H2,1-4H3. The van der Waals surface area contributed by atoms with E-state index in [4.69, 9.17) is 4.74 Å². The summed E-state index contributed by atoms with van der Waals surface area (Å²) in [6.45, 7) is 8.14. The molecule has 19 heavy (non-hydrogen) atoms. The zero-order valence-electron chi connectivity index (χ0n) is 11.9. The lowest BCUT2D eigenvalue weighted by molar-refractivity contribution is 0.458. The van der Waals surface area contributed by atoms with E-state index in [9.17, 15) is 5.11 Å². The van der Waals surface area contributed by atoms with E-state index in [0.29, 0.717) is 5.75 Å². The molecule has 0 aliphatic rings. The van der Waals surface area contributed by atoms with Gasteiger partial charge in [-0.1, -0.05) is 19.1 Å². The first-order valence-corrected chi connectivity index (χ1v) is 6.59. The van der Waals surface area contributed by atoms with E-state index >= 15 is 0 Å². The molecule has 2 nitrogen and oxygen atoms in total. The fourth-order valence-corrected chi connectivity index (χ4v) is 2.21. The molecule has 0 fully saturated rings. The Morgan fingerprint density at radius 2 is 1.58 bits per heavy atom. The Hall–Kier alpha value is -1.96. The van der Waals surface area contributed by atoms with Crippen LogP contribution in [0.3, 0.4) is 0 Å². The molecule has 0 heterocycles. The molecule has 100 valence electrons. The lowest BCUT2D eigenvalue weighted by Gasteiger charge is -2.14. The van der Waals surface area contributed by atoms with Crippen molar-refractivity contribution in [1.82, 2.24) is 0 Å². The average molecular weight is 256 g/mol. The van der Waals surface area contributed by atoms with Gasteiger partial charge in [0.1, 0.15) is 17.2 Å². The van der Waals surface area contributed by atoms with E-state index in [1.54, 1.807) is 12.1 Å². The first kappa shape index (κ1) is 13.5. The Bertz CT molecular complexity index is 577. The van der Waals surface area contributed by atoms with Crippen LogP contribution < -0.4 is 4.74 Å². The molecule has 0 atom stereocenters. The smallest absolute Gasteiger partial charge is 0.133 e. The maximum atomic E-state index is 9.53. The van der Waals surface area contributed by atoms with Gasteiger partial charge in [-0.25, -0.2) is 0 Å². The predicted octanol–water partition coefficient (Wildman–Crippen LogP) is 4.67. The van der Waals surface area contributed by atoms with Crippen LogP contribution in [0.1, 0.15) is 29.2 Å². The van der Waals surface area contributed by atoms with Gasteiger partial charge < -0.3 is 9.84 Å². The number of phenols is 1. The van der Waals surface area contributed by atoms with Crippen molar-refractivity contribution in [3.63, 3.8) is 0 Å². The van der Waals surface area contributed by atoms with E-state index in [2.05, 4.69) is 32.9 Å². The number of hydrogen-bond acceptors (Lipinski definition) is 2. The van der Waals surface area contributed by atoms with Gasteiger partial charge in [-0.3, -0.25) is 0 Å². The molecule has 1 N–H and O–H groups in total. The van der Waals surface area contributed by atoms with Crippen LogP contribution in [0.15, 0.2) is 30.3 Å². The van der Waals surface area contributed by atoms with Crippen molar-refractivity contribution in [3.8, 4) is 17.2 Å². The van der Waals surface area contributed by atoms with Gasteiger partial charge in [-0.15, -0.1) is 0 Å². The lowest BCUT2D eigenvalue weighted by atomic mass is 10.0. The summed E-state index contributed by atoms with van der Waals surface area (Å²) in [5.41, 5.74) is 4.42. The fraction of sp³-hybridized carbons (Fsp3) is 0.294. The summed E-state index contributed by atoms with van der Waals surface area (Å²) in [5.74, 6) is 1.95. The lowest BCUT2D eigenvalue weighted by Crippen LogP contribution is -1.94. The van der Waals surface area contributed by atoms with Gasteiger partial charge in [0, 0.05) is 0 Å². The Labute approximate surface area is 114 Å². The molecule has 0 aromatic heterocycles. The number of benzene rings is 2. The molecular weight excluding hydrogens is 236 g/mol. The van der Waals surface area contributed by atoms with E-state index in [1.807, 2.05) is 13.0 Å². The summed E-state index contributed by atoms with van der Waals surface area (Å²) in [6, 6.07) is 9.62. The summed E-state index contributed by atoms with van der Waals surface area (Å²) in [6.07, 6.45) is 1.03. The van der Waals surface area contributed by atoms with Gasteiger partial charge in [-0.05, 0) is 67.6 Å². The van der Waals surface area contributed by atoms with E-state index in [1.165, 1.54) is 5.56 Å². The van der Waals surface area contributed by atoms with Crippen molar-refractivity contribution in [3.05, 3.63) is 52.6 Å². The monoisotopic (exact) mass is 256 g/mol. The number of phenolic OH excluding ortho intramolecular Hbond substituents is 1. The maximum Gasteiger partial charge on any atom is 0.133 e. The minimum atomic E-state index is 0.294. The van der Waals surface area contributed by atoms with Crippen molar-refractivity contribution in [2.24, 2.45) is 0 Å². The average Bonchev–Trinajstić information content (AvgIpc) is 2.37. The second-order valence-electron chi connectivity index (χ2n) is 4.96. The molecule has 0 radical (unpaired) electrons. The Morgan fingerprint density at radius 3 is 2.11 bits per heavy atom. The van der Waals surface area contributed by atoms with Gasteiger partial charge >= 0.3 is 0 Å². The van der Waals surface area contributed by atoms with Crippen molar-refractivity contribution in [2.45, 2.75) is 34.1 Å². The maximum absolute atomic E-state index is 9.53. The van der Waals surface area contributed by atoms with Crippen LogP contribution in [0, 0.1) is 20.8 Å². The number of aryl methyl sites for hydroxylation is 4. The Kier molecular flexibility index (Phi) is 3.79. The molecule has 0 bridgehead atoms. The molecule has 0 spiro atoms. The molecule has 2 heteroatoms. The van der Waals surface area contributed by atoms with Crippen LogP contribution in [0.25, 0.3) is 0 Å². The van der Waals surface area contributed by atoms with Crippen LogP contribution >= 0.6 is 0 Å². The van der Waals surface area contributed by atoms with Crippen LogP contribution in [-0.4, -0.2) is 5.11 Å². The van der Waals surface area contributed by atoms with Crippen LogP contribution in [0.2, 0.25) is 0 Å². The second-order valence-corrected chi connectivity index (χ2v) is 4.96. The molecule has 2 aromatic rings. The third-order valence-corrected chi connectivity index (χ3v) is 3.32. The molecule has 0 saturated carbocycles. The van der Waals surface area contributed by atoms with Gasteiger partial charge in [0.25, 0.3) is 0 Å². The summed E-state index contributed by atoms with van der Waals surface area (Å²) in [4.78, 5) is 0. The highest BCUT2D eigenvalue weighted by Crippen LogP contribution is 2.31. The van der Waals surface area contributed by atoms with E-state index in [0.717, 1.165) is 34.6 Å². The number of hydrogen-bond donors (Lipinski definition) is 1. The minimum Gasteiger partial charge on any atom is -0.508 e. The SMILES string of the molecule is CCc1cc(C)c(Oc2ccc(O)c(C)c2)c(C)c1. The summed E-state index contributed by atoms with van der Waals surface area (Å²) < 4.78 is 5.96. The molecule has 0 unspecified atom stereocenters.